The Balaban J connectivity index is 2.15. The number of ether oxygens (including phenoxy) is 1. The minimum Gasteiger partial charge on any atom is -0.481 e. The molecule has 1 unspecified atom stereocenters. The topological polar surface area (TPSA) is 95.9 Å². The number of amides is 2. The lowest BCUT2D eigenvalue weighted by Crippen LogP contribution is -2.34. The largest absolute Gasteiger partial charge is 0.481 e. The fourth-order valence-corrected chi connectivity index (χ4v) is 2.25. The summed E-state index contributed by atoms with van der Waals surface area (Å²) in [6.45, 7) is 0.198. The summed E-state index contributed by atoms with van der Waals surface area (Å²) in [5.41, 5.74) is -0.912. The van der Waals surface area contributed by atoms with E-state index in [1.165, 1.54) is 4.90 Å². The smallest absolute Gasteiger partial charge is 0.340 e. The number of hydrogen-bond donors (Lipinski definition) is 2. The molecule has 0 saturated carbocycles. The van der Waals surface area contributed by atoms with Crippen LogP contribution in [-0.2, 0) is 9.53 Å². The predicted molar refractivity (Wildman–Crippen MR) is 74.0 cm³/mol. The highest BCUT2D eigenvalue weighted by Crippen LogP contribution is 2.22. The molecule has 2 N–H and O–H groups in total. The van der Waals surface area contributed by atoms with Gasteiger partial charge >= 0.3 is 18.0 Å². The van der Waals surface area contributed by atoms with Crippen LogP contribution < -0.4 is 5.32 Å². The molecule has 2 rings (SSSR count). The van der Waals surface area contributed by atoms with Gasteiger partial charge in [0.25, 0.3) is 0 Å². The monoisotopic (exact) mass is 328 g/mol. The molecule has 0 aromatic heterocycles. The Morgan fingerprint density at radius 1 is 1.30 bits per heavy atom. The number of halogens is 2. The zero-order valence-corrected chi connectivity index (χ0v) is 12.1. The summed E-state index contributed by atoms with van der Waals surface area (Å²) in [7, 11) is 1.04. The van der Waals surface area contributed by atoms with Crippen molar-refractivity contribution in [3.63, 3.8) is 0 Å². The van der Waals surface area contributed by atoms with Crippen molar-refractivity contribution >= 4 is 23.7 Å². The second-order valence-electron chi connectivity index (χ2n) is 5.00. The van der Waals surface area contributed by atoms with Crippen LogP contribution in [0.4, 0.5) is 19.3 Å². The molecule has 1 heterocycles. The molecule has 0 spiro atoms. The number of aliphatic carboxylic acids is 1. The second-order valence-corrected chi connectivity index (χ2v) is 5.00. The predicted octanol–water partition coefficient (Wildman–Crippen LogP) is 1.69. The molecule has 1 saturated heterocycles. The fourth-order valence-electron chi connectivity index (χ4n) is 2.25. The van der Waals surface area contributed by atoms with Crippen LogP contribution in [0.3, 0.4) is 0 Å². The number of carbonyl (C=O) groups is 3. The molecule has 1 aliphatic rings. The third-order valence-electron chi connectivity index (χ3n) is 3.53. The number of urea groups is 1. The molecule has 2 amide bonds. The molecule has 1 aromatic carbocycles. The Labute approximate surface area is 129 Å². The molecular weight excluding hydrogens is 314 g/mol. The van der Waals surface area contributed by atoms with E-state index >= 15 is 0 Å². The Kier molecular flexibility index (Phi) is 4.77. The third-order valence-corrected chi connectivity index (χ3v) is 3.53. The van der Waals surface area contributed by atoms with Crippen LogP contribution in [0, 0.1) is 17.6 Å². The molecule has 0 radical (unpaired) electrons. The highest BCUT2D eigenvalue weighted by atomic mass is 19.1. The van der Waals surface area contributed by atoms with Gasteiger partial charge in [0.05, 0.1) is 24.3 Å². The van der Waals surface area contributed by atoms with E-state index in [0.717, 1.165) is 13.2 Å². The van der Waals surface area contributed by atoms with E-state index in [1.54, 1.807) is 0 Å². The molecule has 1 aromatic rings. The normalized spacial score (nSPS) is 17.0. The van der Waals surface area contributed by atoms with Gasteiger partial charge in [0, 0.05) is 19.2 Å². The first-order valence-corrected chi connectivity index (χ1v) is 6.69. The van der Waals surface area contributed by atoms with Crippen molar-refractivity contribution in [2.75, 3.05) is 25.5 Å². The molecular formula is C14H14F2N2O5. The summed E-state index contributed by atoms with van der Waals surface area (Å²) in [6.07, 6.45) is 0.294. The number of esters is 1. The van der Waals surface area contributed by atoms with Crippen LogP contribution in [0.25, 0.3) is 0 Å². The van der Waals surface area contributed by atoms with Crippen LogP contribution in [0.15, 0.2) is 12.1 Å². The Morgan fingerprint density at radius 2 is 2.00 bits per heavy atom. The van der Waals surface area contributed by atoms with E-state index in [9.17, 15) is 23.2 Å². The quantitative estimate of drug-likeness (QED) is 0.823. The maximum Gasteiger partial charge on any atom is 0.340 e. The molecule has 0 aliphatic carbocycles. The highest BCUT2D eigenvalue weighted by Gasteiger charge is 2.31. The average Bonchev–Trinajstić information content (AvgIpc) is 2.99. The Hall–Kier alpha value is -2.71. The number of methoxy groups -OCH3 is 1. The van der Waals surface area contributed by atoms with E-state index in [4.69, 9.17) is 5.11 Å². The standard InChI is InChI=1S/C14H14F2N2O5/c1-23-13(21)8-4-11(10(16)5-9(8)15)17-14(22)18-3-2-7(6-18)12(19)20/h4-5,7H,2-3,6H2,1H3,(H,17,22)(H,19,20). The van der Waals surface area contributed by atoms with E-state index in [1.807, 2.05) is 0 Å². The van der Waals surface area contributed by atoms with Gasteiger partial charge in [-0.25, -0.2) is 18.4 Å². The summed E-state index contributed by atoms with van der Waals surface area (Å²) < 4.78 is 31.6. The third kappa shape index (κ3) is 3.55. The van der Waals surface area contributed by atoms with Crippen LogP contribution in [0.5, 0.6) is 0 Å². The SMILES string of the molecule is COC(=O)c1cc(NC(=O)N2CCC(C(=O)O)C2)c(F)cc1F. The minimum atomic E-state index is -1.11. The zero-order chi connectivity index (χ0) is 17.1. The molecule has 7 nitrogen and oxygen atoms in total. The van der Waals surface area contributed by atoms with Crippen molar-refractivity contribution in [3.8, 4) is 0 Å². The maximum atomic E-state index is 13.7. The summed E-state index contributed by atoms with van der Waals surface area (Å²) in [5, 5.41) is 11.1. The Morgan fingerprint density at radius 3 is 2.57 bits per heavy atom. The highest BCUT2D eigenvalue weighted by molar-refractivity contribution is 5.94. The first-order valence-electron chi connectivity index (χ1n) is 6.69. The Bertz CT molecular complexity index is 665. The van der Waals surface area contributed by atoms with Crippen molar-refractivity contribution in [2.24, 2.45) is 5.92 Å². The number of benzene rings is 1. The molecule has 9 heteroatoms. The number of carbonyl (C=O) groups excluding carboxylic acids is 2. The van der Waals surface area contributed by atoms with Gasteiger partial charge in [0.1, 0.15) is 11.6 Å². The van der Waals surface area contributed by atoms with Gasteiger partial charge in [0.2, 0.25) is 0 Å². The van der Waals surface area contributed by atoms with Crippen LogP contribution in [0.1, 0.15) is 16.8 Å². The van der Waals surface area contributed by atoms with Crippen LogP contribution in [-0.4, -0.2) is 48.2 Å². The van der Waals surface area contributed by atoms with Gasteiger partial charge < -0.3 is 20.1 Å². The van der Waals surface area contributed by atoms with Crippen molar-refractivity contribution < 1.29 is 33.0 Å². The van der Waals surface area contributed by atoms with Gasteiger partial charge in [-0.15, -0.1) is 0 Å². The fraction of sp³-hybridized carbons (Fsp3) is 0.357. The lowest BCUT2D eigenvalue weighted by Gasteiger charge is -2.17. The van der Waals surface area contributed by atoms with Gasteiger partial charge in [-0.3, -0.25) is 4.79 Å². The van der Waals surface area contributed by atoms with Crippen LogP contribution >= 0.6 is 0 Å². The van der Waals surface area contributed by atoms with Crippen molar-refractivity contribution in [3.05, 3.63) is 29.3 Å². The van der Waals surface area contributed by atoms with Crippen molar-refractivity contribution in [1.29, 1.82) is 0 Å². The number of nitrogens with one attached hydrogen (secondary N) is 1. The summed E-state index contributed by atoms with van der Waals surface area (Å²) in [4.78, 5) is 35.5. The first-order chi connectivity index (χ1) is 10.8. The lowest BCUT2D eigenvalue weighted by molar-refractivity contribution is -0.141. The summed E-state index contributed by atoms with van der Waals surface area (Å²) in [6, 6.07) is 0.570. The number of likely N-dealkylation sites (tertiary alicyclic amines) is 1. The summed E-state index contributed by atoms with van der Waals surface area (Å²) in [5.74, 6) is -4.87. The van der Waals surface area contributed by atoms with Gasteiger partial charge in [0.15, 0.2) is 0 Å². The maximum absolute atomic E-state index is 13.7. The molecule has 124 valence electrons. The molecule has 1 fully saturated rings. The zero-order valence-electron chi connectivity index (χ0n) is 12.1. The number of carboxylic acids is 1. The lowest BCUT2D eigenvalue weighted by atomic mass is 10.1. The second kappa shape index (κ2) is 6.59. The minimum absolute atomic E-state index is 0.00611. The van der Waals surface area contributed by atoms with E-state index in [2.05, 4.69) is 10.1 Å². The van der Waals surface area contributed by atoms with Crippen molar-refractivity contribution in [2.45, 2.75) is 6.42 Å². The average molecular weight is 328 g/mol. The molecule has 23 heavy (non-hydrogen) atoms. The first kappa shape index (κ1) is 16.7. The van der Waals surface area contributed by atoms with Gasteiger partial charge in [-0.2, -0.15) is 0 Å². The van der Waals surface area contributed by atoms with E-state index < -0.39 is 46.8 Å². The number of carboxylic acid groups (broad SMARTS) is 1. The van der Waals surface area contributed by atoms with Gasteiger partial charge in [-0.05, 0) is 12.5 Å². The van der Waals surface area contributed by atoms with E-state index in [-0.39, 0.29) is 13.1 Å². The molecule has 0 bridgehead atoms. The molecule has 1 aliphatic heterocycles. The number of rotatable bonds is 3. The number of hydrogen-bond acceptors (Lipinski definition) is 4. The molecule has 1 atom stereocenters. The number of nitrogens with zero attached hydrogens (tertiary/aromatic N) is 1. The van der Waals surface area contributed by atoms with Crippen molar-refractivity contribution in [1.82, 2.24) is 4.90 Å². The van der Waals surface area contributed by atoms with Gasteiger partial charge in [-0.1, -0.05) is 0 Å². The number of anilines is 1. The van der Waals surface area contributed by atoms with Crippen LogP contribution in [0.2, 0.25) is 0 Å². The van der Waals surface area contributed by atoms with E-state index in [0.29, 0.717) is 12.5 Å². The summed E-state index contributed by atoms with van der Waals surface area (Å²) >= 11 is 0.